The topological polar surface area (TPSA) is 66.8 Å². The van der Waals surface area contributed by atoms with Crippen LogP contribution in [0.2, 0.25) is 0 Å². The highest BCUT2D eigenvalue weighted by atomic mass is 32.2. The van der Waals surface area contributed by atoms with Gasteiger partial charge in [0, 0.05) is 17.8 Å². The summed E-state index contributed by atoms with van der Waals surface area (Å²) in [5.41, 5.74) is 1.18. The molecule has 0 aliphatic heterocycles. The lowest BCUT2D eigenvalue weighted by molar-refractivity contribution is 0.394. The molecule has 136 valence electrons. The Balaban J connectivity index is 2.10. The molecular weight excluding hydrogens is 354 g/mol. The van der Waals surface area contributed by atoms with Crippen molar-refractivity contribution in [2.45, 2.75) is 4.90 Å². The summed E-state index contributed by atoms with van der Waals surface area (Å²) < 4.78 is 43.0. The molecule has 0 N–H and O–H groups in total. The lowest BCUT2D eigenvalue weighted by Gasteiger charge is -2.13. The first-order valence-corrected chi connectivity index (χ1v) is 9.24. The largest absolute Gasteiger partial charge is 0.497 e. The molecule has 6 nitrogen and oxygen atoms in total. The van der Waals surface area contributed by atoms with Gasteiger partial charge in [0.2, 0.25) is 0 Å². The highest BCUT2D eigenvalue weighted by Crippen LogP contribution is 2.32. The van der Waals surface area contributed by atoms with Gasteiger partial charge < -0.3 is 14.2 Å². The summed E-state index contributed by atoms with van der Waals surface area (Å²) in [6.45, 7) is 0. The van der Waals surface area contributed by atoms with Crippen molar-refractivity contribution in [2.24, 2.45) is 0 Å². The molecule has 3 rings (SSSR count). The van der Waals surface area contributed by atoms with E-state index in [1.807, 2.05) is 0 Å². The van der Waals surface area contributed by atoms with Crippen molar-refractivity contribution in [2.75, 3.05) is 21.3 Å². The van der Waals surface area contributed by atoms with Gasteiger partial charge in [-0.2, -0.15) is 0 Å². The molecular formula is C19H19NO5S. The monoisotopic (exact) mass is 373 g/mol. The van der Waals surface area contributed by atoms with Crippen molar-refractivity contribution in [3.8, 4) is 28.5 Å². The van der Waals surface area contributed by atoms with Crippen molar-refractivity contribution >= 4 is 10.0 Å². The predicted molar refractivity (Wildman–Crippen MR) is 98.5 cm³/mol. The van der Waals surface area contributed by atoms with E-state index in [0.717, 1.165) is 0 Å². The lowest BCUT2D eigenvalue weighted by Crippen LogP contribution is -2.13. The zero-order chi connectivity index (χ0) is 18.7. The molecule has 0 radical (unpaired) electrons. The standard InChI is InChI=1S/C19H19NO5S/c1-23-15-6-8-18(9-7-15)26(21,22)20-10-4-5-19(20)14-11-16(24-2)13-17(12-14)25-3/h4-13H,1-3H3. The average molecular weight is 373 g/mol. The van der Waals surface area contributed by atoms with Gasteiger partial charge in [0.15, 0.2) is 0 Å². The highest BCUT2D eigenvalue weighted by Gasteiger charge is 2.20. The maximum absolute atomic E-state index is 13.1. The predicted octanol–water partition coefficient (Wildman–Crippen LogP) is 3.42. The number of benzene rings is 2. The molecule has 0 unspecified atom stereocenters. The minimum atomic E-state index is -3.76. The molecule has 0 aliphatic carbocycles. The molecule has 0 saturated heterocycles. The van der Waals surface area contributed by atoms with Crippen LogP contribution in [0.3, 0.4) is 0 Å². The molecule has 1 aromatic heterocycles. The quantitative estimate of drug-likeness (QED) is 0.662. The Kier molecular flexibility index (Phi) is 4.90. The summed E-state index contributed by atoms with van der Waals surface area (Å²) in [4.78, 5) is 0.172. The van der Waals surface area contributed by atoms with E-state index >= 15 is 0 Å². The van der Waals surface area contributed by atoms with Gasteiger partial charge >= 0.3 is 0 Å². The third-order valence-corrected chi connectivity index (χ3v) is 5.68. The Morgan fingerprint density at radius 1 is 0.769 bits per heavy atom. The highest BCUT2D eigenvalue weighted by molar-refractivity contribution is 7.90. The van der Waals surface area contributed by atoms with E-state index in [-0.39, 0.29) is 4.90 Å². The number of aromatic nitrogens is 1. The summed E-state index contributed by atoms with van der Waals surface area (Å²) >= 11 is 0. The molecule has 0 spiro atoms. The van der Waals surface area contributed by atoms with E-state index in [0.29, 0.717) is 28.5 Å². The molecule has 3 aromatic rings. The zero-order valence-electron chi connectivity index (χ0n) is 14.7. The smallest absolute Gasteiger partial charge is 0.268 e. The maximum atomic E-state index is 13.1. The Hall–Kier alpha value is -2.93. The van der Waals surface area contributed by atoms with Crippen LogP contribution in [0.4, 0.5) is 0 Å². The summed E-state index contributed by atoms with van der Waals surface area (Å²) in [6.07, 6.45) is 1.51. The lowest BCUT2D eigenvalue weighted by atomic mass is 10.1. The molecule has 26 heavy (non-hydrogen) atoms. The average Bonchev–Trinajstić information content (AvgIpc) is 3.18. The Morgan fingerprint density at radius 3 is 1.88 bits per heavy atom. The zero-order valence-corrected chi connectivity index (χ0v) is 15.5. The van der Waals surface area contributed by atoms with Crippen LogP contribution in [0, 0.1) is 0 Å². The van der Waals surface area contributed by atoms with Gasteiger partial charge in [-0.15, -0.1) is 0 Å². The van der Waals surface area contributed by atoms with Gasteiger partial charge in [-0.05, 0) is 48.5 Å². The van der Waals surface area contributed by atoms with E-state index in [1.165, 1.54) is 29.4 Å². The second-order valence-electron chi connectivity index (χ2n) is 5.47. The number of rotatable bonds is 6. The third-order valence-electron chi connectivity index (χ3n) is 3.98. The molecule has 7 heteroatoms. The Labute approximate surface area is 152 Å². The fraction of sp³-hybridized carbons (Fsp3) is 0.158. The molecule has 2 aromatic carbocycles. The van der Waals surface area contributed by atoms with Crippen LogP contribution in [-0.2, 0) is 10.0 Å². The number of methoxy groups -OCH3 is 3. The van der Waals surface area contributed by atoms with Gasteiger partial charge in [0.1, 0.15) is 17.2 Å². The van der Waals surface area contributed by atoms with Gasteiger partial charge in [-0.3, -0.25) is 0 Å². The number of hydrogen-bond acceptors (Lipinski definition) is 5. The number of nitrogens with zero attached hydrogens (tertiary/aromatic N) is 1. The van der Waals surface area contributed by atoms with Crippen molar-refractivity contribution in [3.63, 3.8) is 0 Å². The molecule has 0 bridgehead atoms. The fourth-order valence-corrected chi connectivity index (χ4v) is 3.98. The van der Waals surface area contributed by atoms with Crippen LogP contribution in [0.5, 0.6) is 17.2 Å². The second-order valence-corrected chi connectivity index (χ2v) is 7.29. The number of hydrogen-bond donors (Lipinski definition) is 0. The van der Waals surface area contributed by atoms with Crippen LogP contribution >= 0.6 is 0 Å². The first-order valence-electron chi connectivity index (χ1n) is 7.80. The van der Waals surface area contributed by atoms with Crippen LogP contribution in [-0.4, -0.2) is 33.7 Å². The van der Waals surface area contributed by atoms with E-state index in [4.69, 9.17) is 14.2 Å². The van der Waals surface area contributed by atoms with E-state index in [9.17, 15) is 8.42 Å². The van der Waals surface area contributed by atoms with Crippen molar-refractivity contribution in [1.82, 2.24) is 3.97 Å². The minimum absolute atomic E-state index is 0.172. The molecule has 0 aliphatic rings. The van der Waals surface area contributed by atoms with E-state index in [2.05, 4.69) is 0 Å². The molecule has 1 heterocycles. The summed E-state index contributed by atoms with van der Waals surface area (Å²) in [6, 6.07) is 14.9. The summed E-state index contributed by atoms with van der Waals surface area (Å²) in [5.74, 6) is 1.75. The van der Waals surface area contributed by atoms with Gasteiger partial charge in [-0.1, -0.05) is 0 Å². The van der Waals surface area contributed by atoms with Gasteiger partial charge in [0.05, 0.1) is 31.9 Å². The molecule has 0 amide bonds. The van der Waals surface area contributed by atoms with Crippen LogP contribution in [0.25, 0.3) is 11.3 Å². The molecule has 0 saturated carbocycles. The second kappa shape index (κ2) is 7.13. The first-order chi connectivity index (χ1) is 12.5. The summed E-state index contributed by atoms with van der Waals surface area (Å²) in [5, 5.41) is 0. The van der Waals surface area contributed by atoms with Crippen LogP contribution in [0.15, 0.2) is 65.7 Å². The first kappa shape index (κ1) is 17.9. The van der Waals surface area contributed by atoms with Crippen molar-refractivity contribution in [1.29, 1.82) is 0 Å². The van der Waals surface area contributed by atoms with Crippen LogP contribution in [0.1, 0.15) is 0 Å². The molecule has 0 atom stereocenters. The van der Waals surface area contributed by atoms with E-state index in [1.54, 1.807) is 56.7 Å². The van der Waals surface area contributed by atoms with Crippen molar-refractivity contribution < 1.29 is 22.6 Å². The summed E-state index contributed by atoms with van der Waals surface area (Å²) in [7, 11) is 0.867. The van der Waals surface area contributed by atoms with Crippen molar-refractivity contribution in [3.05, 3.63) is 60.8 Å². The van der Waals surface area contributed by atoms with Crippen LogP contribution < -0.4 is 14.2 Å². The maximum Gasteiger partial charge on any atom is 0.268 e. The Bertz CT molecular complexity index is 984. The number of ether oxygens (including phenoxy) is 3. The SMILES string of the molecule is COc1ccc(S(=O)(=O)n2cccc2-c2cc(OC)cc(OC)c2)cc1. The van der Waals surface area contributed by atoms with Gasteiger partial charge in [0.25, 0.3) is 10.0 Å². The van der Waals surface area contributed by atoms with Gasteiger partial charge in [-0.25, -0.2) is 12.4 Å². The fourth-order valence-electron chi connectivity index (χ4n) is 2.62. The normalized spacial score (nSPS) is 11.2. The van der Waals surface area contributed by atoms with E-state index < -0.39 is 10.0 Å². The molecule has 0 fully saturated rings. The third kappa shape index (κ3) is 3.25. The Morgan fingerprint density at radius 2 is 1.35 bits per heavy atom. The minimum Gasteiger partial charge on any atom is -0.497 e.